The average molecular weight is 255 g/mol. The van der Waals surface area contributed by atoms with Gasteiger partial charge in [0.25, 0.3) is 0 Å². The van der Waals surface area contributed by atoms with Gasteiger partial charge in [0.05, 0.1) is 17.5 Å². The highest BCUT2D eigenvalue weighted by Gasteiger charge is 2.28. The van der Waals surface area contributed by atoms with E-state index in [4.69, 9.17) is 0 Å². The summed E-state index contributed by atoms with van der Waals surface area (Å²) in [5.41, 5.74) is 1.28. The zero-order valence-electron chi connectivity index (χ0n) is 9.83. The van der Waals surface area contributed by atoms with E-state index in [0.29, 0.717) is 17.8 Å². The number of hydrogen-bond acceptors (Lipinski definition) is 3. The molecule has 0 bridgehead atoms. The van der Waals surface area contributed by atoms with Gasteiger partial charge in [-0.3, -0.25) is 4.31 Å². The number of hydrogen-bond donors (Lipinski definition) is 1. The van der Waals surface area contributed by atoms with Crippen molar-refractivity contribution in [3.63, 3.8) is 0 Å². The summed E-state index contributed by atoms with van der Waals surface area (Å²) in [6, 6.07) is 7.13. The Bertz CT molecular complexity index is 496. The lowest BCUT2D eigenvalue weighted by Crippen LogP contribution is -2.38. The van der Waals surface area contributed by atoms with Crippen LogP contribution in [0.4, 0.5) is 5.69 Å². The second-order valence-electron chi connectivity index (χ2n) is 4.33. The maximum atomic E-state index is 12.0. The van der Waals surface area contributed by atoms with Crippen LogP contribution in [0.1, 0.15) is 31.4 Å². The summed E-state index contributed by atoms with van der Waals surface area (Å²) in [5, 5.41) is 9.68. The first-order valence-electron chi connectivity index (χ1n) is 5.80. The maximum Gasteiger partial charge on any atom is 0.235 e. The predicted octanol–water partition coefficient (Wildman–Crippen LogP) is 1.67. The molecule has 1 atom stereocenters. The summed E-state index contributed by atoms with van der Waals surface area (Å²) in [7, 11) is -3.21. The molecular weight excluding hydrogens is 238 g/mol. The SMILES string of the molecule is CC(O)c1ccccc1N1CCCCS1(=O)=O. The molecule has 1 aromatic rings. The van der Waals surface area contributed by atoms with E-state index >= 15 is 0 Å². The minimum absolute atomic E-state index is 0.196. The van der Waals surface area contributed by atoms with Gasteiger partial charge >= 0.3 is 0 Å². The van der Waals surface area contributed by atoms with Gasteiger partial charge in [0.1, 0.15) is 0 Å². The molecule has 0 spiro atoms. The maximum absolute atomic E-state index is 12.0. The monoisotopic (exact) mass is 255 g/mol. The van der Waals surface area contributed by atoms with Gasteiger partial charge in [0.2, 0.25) is 10.0 Å². The Morgan fingerprint density at radius 2 is 2.00 bits per heavy atom. The smallest absolute Gasteiger partial charge is 0.235 e. The third kappa shape index (κ3) is 2.45. The van der Waals surface area contributed by atoms with E-state index in [9.17, 15) is 13.5 Å². The van der Waals surface area contributed by atoms with Gasteiger partial charge in [-0.25, -0.2) is 8.42 Å². The molecule has 1 aromatic carbocycles. The van der Waals surface area contributed by atoms with E-state index in [1.807, 2.05) is 6.07 Å². The summed E-state index contributed by atoms with van der Waals surface area (Å²) in [6.45, 7) is 2.15. The van der Waals surface area contributed by atoms with Crippen molar-refractivity contribution in [2.45, 2.75) is 25.9 Å². The molecule has 0 aliphatic carbocycles. The molecule has 0 aromatic heterocycles. The van der Waals surface area contributed by atoms with Crippen molar-refractivity contribution in [3.8, 4) is 0 Å². The second-order valence-corrected chi connectivity index (χ2v) is 6.34. The summed E-state index contributed by atoms with van der Waals surface area (Å²) in [6.07, 6.45) is 0.923. The third-order valence-corrected chi connectivity index (χ3v) is 4.86. The number of aliphatic hydroxyl groups excluding tert-OH is 1. The molecule has 1 saturated heterocycles. The molecule has 1 fully saturated rings. The first-order chi connectivity index (χ1) is 8.02. The summed E-state index contributed by atoms with van der Waals surface area (Å²) in [5.74, 6) is 0.196. The van der Waals surface area contributed by atoms with Crippen LogP contribution < -0.4 is 4.31 Å². The van der Waals surface area contributed by atoms with E-state index in [1.54, 1.807) is 25.1 Å². The molecule has 1 unspecified atom stereocenters. The van der Waals surface area contributed by atoms with Crippen LogP contribution in [-0.2, 0) is 10.0 Å². The van der Waals surface area contributed by atoms with Crippen molar-refractivity contribution in [2.24, 2.45) is 0 Å². The highest BCUT2D eigenvalue weighted by atomic mass is 32.2. The largest absolute Gasteiger partial charge is 0.389 e. The lowest BCUT2D eigenvalue weighted by Gasteiger charge is -2.30. The molecule has 0 saturated carbocycles. The molecule has 1 aliphatic rings. The van der Waals surface area contributed by atoms with Crippen LogP contribution in [0.5, 0.6) is 0 Å². The van der Waals surface area contributed by atoms with Crippen LogP contribution in [0, 0.1) is 0 Å². The quantitative estimate of drug-likeness (QED) is 0.874. The van der Waals surface area contributed by atoms with E-state index in [-0.39, 0.29) is 5.75 Å². The third-order valence-electron chi connectivity index (χ3n) is 3.00. The fourth-order valence-corrected chi connectivity index (χ4v) is 3.79. The molecule has 1 heterocycles. The predicted molar refractivity (Wildman–Crippen MR) is 67.4 cm³/mol. The zero-order chi connectivity index (χ0) is 12.5. The molecule has 0 radical (unpaired) electrons. The summed E-state index contributed by atoms with van der Waals surface area (Å²) in [4.78, 5) is 0. The van der Waals surface area contributed by atoms with Gasteiger partial charge in [-0.05, 0) is 25.8 Å². The highest BCUT2D eigenvalue weighted by Crippen LogP contribution is 2.30. The second kappa shape index (κ2) is 4.66. The fourth-order valence-electron chi connectivity index (χ4n) is 2.13. The lowest BCUT2D eigenvalue weighted by molar-refractivity contribution is 0.200. The van der Waals surface area contributed by atoms with Crippen LogP contribution >= 0.6 is 0 Å². The van der Waals surface area contributed by atoms with Gasteiger partial charge < -0.3 is 5.11 Å². The zero-order valence-corrected chi connectivity index (χ0v) is 10.7. The first kappa shape index (κ1) is 12.4. The molecule has 4 nitrogen and oxygen atoms in total. The summed E-state index contributed by atoms with van der Waals surface area (Å²) >= 11 is 0. The molecule has 1 aliphatic heterocycles. The average Bonchev–Trinajstić information content (AvgIpc) is 2.28. The molecular formula is C12H17NO3S. The topological polar surface area (TPSA) is 57.6 Å². The molecule has 5 heteroatoms. The minimum atomic E-state index is -3.21. The van der Waals surface area contributed by atoms with Crippen molar-refractivity contribution >= 4 is 15.7 Å². The van der Waals surface area contributed by atoms with Crippen LogP contribution in [0.3, 0.4) is 0 Å². The Labute approximate surface area is 102 Å². The number of sulfonamides is 1. The van der Waals surface area contributed by atoms with Crippen molar-refractivity contribution in [1.82, 2.24) is 0 Å². The Morgan fingerprint density at radius 3 is 2.65 bits per heavy atom. The van der Waals surface area contributed by atoms with E-state index in [1.165, 1.54) is 4.31 Å². The number of para-hydroxylation sites is 1. The Hall–Kier alpha value is -1.07. The number of rotatable bonds is 2. The first-order valence-corrected chi connectivity index (χ1v) is 7.41. The van der Waals surface area contributed by atoms with Gasteiger partial charge in [0.15, 0.2) is 0 Å². The van der Waals surface area contributed by atoms with Gasteiger partial charge in [-0.2, -0.15) is 0 Å². The fraction of sp³-hybridized carbons (Fsp3) is 0.500. The molecule has 2 rings (SSSR count). The standard InChI is InChI=1S/C12H17NO3S/c1-10(14)11-6-2-3-7-12(11)13-8-4-5-9-17(13,15)16/h2-3,6-7,10,14H,4-5,8-9H2,1H3. The van der Waals surface area contributed by atoms with Gasteiger partial charge in [-0.15, -0.1) is 0 Å². The van der Waals surface area contributed by atoms with Crippen molar-refractivity contribution in [2.75, 3.05) is 16.6 Å². The number of benzene rings is 1. The van der Waals surface area contributed by atoms with Crippen LogP contribution in [-0.4, -0.2) is 25.8 Å². The number of anilines is 1. The van der Waals surface area contributed by atoms with E-state index in [2.05, 4.69) is 0 Å². The minimum Gasteiger partial charge on any atom is -0.389 e. The molecule has 0 amide bonds. The number of nitrogens with zero attached hydrogens (tertiary/aromatic N) is 1. The van der Waals surface area contributed by atoms with Gasteiger partial charge in [-0.1, -0.05) is 18.2 Å². The van der Waals surface area contributed by atoms with E-state index in [0.717, 1.165) is 12.8 Å². The normalized spacial score (nSPS) is 21.2. The Balaban J connectivity index is 2.46. The van der Waals surface area contributed by atoms with Crippen LogP contribution in [0.2, 0.25) is 0 Å². The Morgan fingerprint density at radius 1 is 1.29 bits per heavy atom. The van der Waals surface area contributed by atoms with Crippen molar-refractivity contribution in [3.05, 3.63) is 29.8 Å². The summed E-state index contributed by atoms with van der Waals surface area (Å²) < 4.78 is 25.4. The van der Waals surface area contributed by atoms with E-state index < -0.39 is 16.1 Å². The van der Waals surface area contributed by atoms with Crippen molar-refractivity contribution < 1.29 is 13.5 Å². The van der Waals surface area contributed by atoms with Crippen LogP contribution in [0.25, 0.3) is 0 Å². The lowest BCUT2D eigenvalue weighted by atomic mass is 10.1. The molecule has 94 valence electrons. The van der Waals surface area contributed by atoms with Gasteiger partial charge in [0, 0.05) is 12.1 Å². The molecule has 17 heavy (non-hydrogen) atoms. The van der Waals surface area contributed by atoms with Crippen molar-refractivity contribution in [1.29, 1.82) is 0 Å². The van der Waals surface area contributed by atoms with Crippen LogP contribution in [0.15, 0.2) is 24.3 Å². The highest BCUT2D eigenvalue weighted by molar-refractivity contribution is 7.92. The Kier molecular flexibility index (Phi) is 3.40. The molecule has 1 N–H and O–H groups in total. The number of aliphatic hydroxyl groups is 1.